The van der Waals surface area contributed by atoms with Gasteiger partial charge < -0.3 is 9.72 Å². The largest absolute Gasteiger partial charge is 0.379 e. The smallest absolute Gasteiger partial charge is 0.230 e. The van der Waals surface area contributed by atoms with E-state index in [1.807, 2.05) is 37.4 Å². The molecule has 25 heavy (non-hydrogen) atoms. The summed E-state index contributed by atoms with van der Waals surface area (Å²) < 4.78 is 5.38. The van der Waals surface area contributed by atoms with Crippen molar-refractivity contribution in [3.8, 4) is 0 Å². The highest BCUT2D eigenvalue weighted by molar-refractivity contribution is 5.81. The molecule has 1 aliphatic heterocycles. The molecule has 0 unspecified atom stereocenters. The third-order valence-electron chi connectivity index (χ3n) is 4.45. The van der Waals surface area contributed by atoms with Crippen molar-refractivity contribution < 1.29 is 4.74 Å². The Morgan fingerprint density at radius 3 is 2.92 bits per heavy atom. The Kier molecular flexibility index (Phi) is 4.58. The van der Waals surface area contributed by atoms with Gasteiger partial charge in [0, 0.05) is 37.1 Å². The highest BCUT2D eigenvalue weighted by Crippen LogP contribution is 2.18. The molecule has 2 aromatic heterocycles. The number of nitrogens with one attached hydrogen (secondary N) is 2. The van der Waals surface area contributed by atoms with E-state index >= 15 is 0 Å². The SMILES string of the molecule is Cc1nc(Nc2ncc(CCN3CCOCC3)[nH]2)nc2ccccc12. The van der Waals surface area contributed by atoms with Gasteiger partial charge in [0.1, 0.15) is 0 Å². The fourth-order valence-electron chi connectivity index (χ4n) is 3.05. The number of para-hydroxylation sites is 1. The van der Waals surface area contributed by atoms with Crippen molar-refractivity contribution in [2.75, 3.05) is 38.2 Å². The van der Waals surface area contributed by atoms with Crippen molar-refractivity contribution in [2.24, 2.45) is 0 Å². The molecule has 0 aliphatic carbocycles. The number of hydrogen-bond acceptors (Lipinski definition) is 6. The molecule has 1 saturated heterocycles. The molecule has 7 nitrogen and oxygen atoms in total. The Morgan fingerprint density at radius 1 is 1.20 bits per heavy atom. The highest BCUT2D eigenvalue weighted by atomic mass is 16.5. The van der Waals surface area contributed by atoms with Gasteiger partial charge in [-0.15, -0.1) is 0 Å². The number of morpholine rings is 1. The van der Waals surface area contributed by atoms with Crippen LogP contribution >= 0.6 is 0 Å². The quantitative estimate of drug-likeness (QED) is 0.743. The van der Waals surface area contributed by atoms with Gasteiger partial charge in [-0.2, -0.15) is 0 Å². The van der Waals surface area contributed by atoms with Crippen LogP contribution in [0.4, 0.5) is 11.9 Å². The minimum absolute atomic E-state index is 0.560. The van der Waals surface area contributed by atoms with Crippen LogP contribution in [0.5, 0.6) is 0 Å². The van der Waals surface area contributed by atoms with E-state index in [1.54, 1.807) is 0 Å². The van der Waals surface area contributed by atoms with Crippen LogP contribution in [-0.4, -0.2) is 57.7 Å². The number of aryl methyl sites for hydroxylation is 1. The van der Waals surface area contributed by atoms with E-state index in [1.165, 1.54) is 0 Å². The minimum atomic E-state index is 0.560. The molecule has 0 bridgehead atoms. The number of imidazole rings is 1. The summed E-state index contributed by atoms with van der Waals surface area (Å²) in [6, 6.07) is 8.00. The summed E-state index contributed by atoms with van der Waals surface area (Å²) in [6.45, 7) is 6.66. The molecule has 1 aliphatic rings. The highest BCUT2D eigenvalue weighted by Gasteiger charge is 2.11. The second-order valence-electron chi connectivity index (χ2n) is 6.24. The molecule has 0 spiro atoms. The molecular weight excluding hydrogens is 316 g/mol. The van der Waals surface area contributed by atoms with Crippen LogP contribution in [0.25, 0.3) is 10.9 Å². The molecule has 130 valence electrons. The maximum absolute atomic E-state index is 5.38. The van der Waals surface area contributed by atoms with Crippen LogP contribution in [0.2, 0.25) is 0 Å². The van der Waals surface area contributed by atoms with Gasteiger partial charge in [-0.1, -0.05) is 18.2 Å². The first-order valence-electron chi connectivity index (χ1n) is 8.62. The Morgan fingerprint density at radius 2 is 2.04 bits per heavy atom. The van der Waals surface area contributed by atoms with Gasteiger partial charge in [0.05, 0.1) is 30.6 Å². The van der Waals surface area contributed by atoms with Crippen molar-refractivity contribution in [1.82, 2.24) is 24.8 Å². The van der Waals surface area contributed by atoms with Gasteiger partial charge in [-0.05, 0) is 13.0 Å². The molecule has 7 heteroatoms. The van der Waals surface area contributed by atoms with Crippen LogP contribution < -0.4 is 5.32 Å². The molecule has 1 aromatic carbocycles. The molecule has 2 N–H and O–H groups in total. The Balaban J connectivity index is 1.42. The Hall–Kier alpha value is -2.51. The molecule has 0 radical (unpaired) electrons. The number of ether oxygens (including phenoxy) is 1. The third kappa shape index (κ3) is 3.78. The lowest BCUT2D eigenvalue weighted by atomic mass is 10.2. The Labute approximate surface area is 146 Å². The molecule has 3 aromatic rings. The fraction of sp³-hybridized carbons (Fsp3) is 0.389. The summed E-state index contributed by atoms with van der Waals surface area (Å²) in [5, 5.41) is 4.24. The lowest BCUT2D eigenvalue weighted by Gasteiger charge is -2.26. The average Bonchev–Trinajstić information content (AvgIpc) is 3.08. The molecular formula is C18H22N6O. The average molecular weight is 338 g/mol. The summed E-state index contributed by atoms with van der Waals surface area (Å²) in [5.41, 5.74) is 2.98. The molecule has 1 fully saturated rings. The second kappa shape index (κ2) is 7.16. The zero-order chi connectivity index (χ0) is 17.1. The first kappa shape index (κ1) is 16.0. The van der Waals surface area contributed by atoms with Crippen LogP contribution in [0.1, 0.15) is 11.4 Å². The van der Waals surface area contributed by atoms with Gasteiger partial charge in [0.25, 0.3) is 0 Å². The number of benzene rings is 1. The summed E-state index contributed by atoms with van der Waals surface area (Å²) in [7, 11) is 0. The predicted octanol–water partition coefficient (Wildman–Crippen LogP) is 2.28. The molecule has 0 amide bonds. The first-order chi connectivity index (χ1) is 12.3. The lowest BCUT2D eigenvalue weighted by Crippen LogP contribution is -2.37. The van der Waals surface area contributed by atoms with Gasteiger partial charge in [-0.3, -0.25) is 10.2 Å². The summed E-state index contributed by atoms with van der Waals surface area (Å²) in [5.74, 6) is 1.23. The standard InChI is InChI=1S/C18H22N6O/c1-13-15-4-2-3-5-16(15)22-18(20-13)23-17-19-12-14(21-17)6-7-24-8-10-25-11-9-24/h2-5,12H,6-11H2,1H3,(H2,19,20,21,22,23). The second-order valence-corrected chi connectivity index (χ2v) is 6.24. The zero-order valence-corrected chi connectivity index (χ0v) is 14.3. The number of H-pyrrole nitrogens is 1. The van der Waals surface area contributed by atoms with E-state index in [0.717, 1.165) is 61.6 Å². The predicted molar refractivity (Wildman–Crippen MR) is 97.1 cm³/mol. The lowest BCUT2D eigenvalue weighted by molar-refractivity contribution is 0.0383. The van der Waals surface area contributed by atoms with E-state index in [4.69, 9.17) is 4.74 Å². The number of nitrogens with zero attached hydrogens (tertiary/aromatic N) is 4. The molecule has 3 heterocycles. The number of aromatic nitrogens is 4. The van der Waals surface area contributed by atoms with E-state index in [2.05, 4.69) is 30.2 Å². The van der Waals surface area contributed by atoms with Crippen molar-refractivity contribution >= 4 is 22.8 Å². The zero-order valence-electron chi connectivity index (χ0n) is 14.3. The number of fused-ring (bicyclic) bond motifs is 1. The Bertz CT molecular complexity index is 856. The van der Waals surface area contributed by atoms with Crippen LogP contribution in [0.3, 0.4) is 0 Å². The van der Waals surface area contributed by atoms with Crippen molar-refractivity contribution in [1.29, 1.82) is 0 Å². The van der Waals surface area contributed by atoms with Gasteiger partial charge >= 0.3 is 0 Å². The summed E-state index contributed by atoms with van der Waals surface area (Å²) in [4.78, 5) is 19.2. The summed E-state index contributed by atoms with van der Waals surface area (Å²) >= 11 is 0. The maximum Gasteiger partial charge on any atom is 0.230 e. The number of anilines is 2. The van der Waals surface area contributed by atoms with E-state index in [-0.39, 0.29) is 0 Å². The van der Waals surface area contributed by atoms with Gasteiger partial charge in [0.15, 0.2) is 0 Å². The monoisotopic (exact) mass is 338 g/mol. The maximum atomic E-state index is 5.38. The summed E-state index contributed by atoms with van der Waals surface area (Å²) in [6.07, 6.45) is 2.81. The number of aromatic amines is 1. The van der Waals surface area contributed by atoms with E-state index in [0.29, 0.717) is 11.9 Å². The van der Waals surface area contributed by atoms with Crippen LogP contribution in [-0.2, 0) is 11.2 Å². The van der Waals surface area contributed by atoms with Crippen molar-refractivity contribution in [3.63, 3.8) is 0 Å². The molecule has 0 saturated carbocycles. The van der Waals surface area contributed by atoms with Crippen molar-refractivity contribution in [3.05, 3.63) is 41.9 Å². The normalized spacial score (nSPS) is 15.6. The van der Waals surface area contributed by atoms with E-state index < -0.39 is 0 Å². The van der Waals surface area contributed by atoms with Crippen molar-refractivity contribution in [2.45, 2.75) is 13.3 Å². The first-order valence-corrected chi connectivity index (χ1v) is 8.62. The molecule has 4 rings (SSSR count). The number of rotatable bonds is 5. The molecule has 0 atom stereocenters. The number of hydrogen-bond donors (Lipinski definition) is 2. The minimum Gasteiger partial charge on any atom is -0.379 e. The van der Waals surface area contributed by atoms with Gasteiger partial charge in [0.2, 0.25) is 11.9 Å². The third-order valence-corrected chi connectivity index (χ3v) is 4.45. The topological polar surface area (TPSA) is 79.0 Å². The van der Waals surface area contributed by atoms with Gasteiger partial charge in [-0.25, -0.2) is 15.0 Å². The van der Waals surface area contributed by atoms with Crippen LogP contribution in [0, 0.1) is 6.92 Å². The fourth-order valence-corrected chi connectivity index (χ4v) is 3.05. The van der Waals surface area contributed by atoms with E-state index in [9.17, 15) is 0 Å². The van der Waals surface area contributed by atoms with Crippen LogP contribution in [0.15, 0.2) is 30.5 Å².